The van der Waals surface area contributed by atoms with Crippen LogP contribution in [0.4, 0.5) is 0 Å². The van der Waals surface area contributed by atoms with Gasteiger partial charge in [-0.25, -0.2) is 12.1 Å². The molecule has 0 bridgehead atoms. The first-order valence-corrected chi connectivity index (χ1v) is 15.6. The second kappa shape index (κ2) is 13.9. The predicted octanol–water partition coefficient (Wildman–Crippen LogP) is 7.56. The topological polar surface area (TPSA) is 26.3 Å². The molecule has 0 amide bonds. The largest absolute Gasteiger partial charge is 0.748 e. The van der Waals surface area contributed by atoms with E-state index < -0.39 is 15.8 Å². The first-order valence-electron chi connectivity index (χ1n) is 12.8. The van der Waals surface area contributed by atoms with E-state index in [2.05, 4.69) is 99.6 Å². The van der Waals surface area contributed by atoms with Crippen LogP contribution in [0.25, 0.3) is 0 Å². The molecular formula is C34H32FeO2P2-6. The van der Waals surface area contributed by atoms with E-state index in [1.165, 1.54) is 32.6 Å². The summed E-state index contributed by atoms with van der Waals surface area (Å²) < 4.78 is 11.8. The summed E-state index contributed by atoms with van der Waals surface area (Å²) in [7, 11) is -1.50. The fourth-order valence-electron chi connectivity index (χ4n) is 4.80. The quantitative estimate of drug-likeness (QED) is 0.109. The number of hydrogen-bond acceptors (Lipinski definition) is 2. The van der Waals surface area contributed by atoms with Crippen molar-refractivity contribution in [2.45, 2.75) is 26.4 Å². The summed E-state index contributed by atoms with van der Waals surface area (Å²) in [6.07, 6.45) is 3.51. The van der Waals surface area contributed by atoms with Crippen LogP contribution in [0.2, 0.25) is 0 Å². The number of aryl methyl sites for hydroxylation is 2. The van der Waals surface area contributed by atoms with Crippen LogP contribution in [0.3, 0.4) is 0 Å². The van der Waals surface area contributed by atoms with E-state index >= 15 is 0 Å². The van der Waals surface area contributed by atoms with Crippen LogP contribution in [-0.2, 0) is 17.1 Å². The van der Waals surface area contributed by atoms with Gasteiger partial charge < -0.3 is 39.2 Å². The van der Waals surface area contributed by atoms with Crippen LogP contribution >= 0.6 is 15.8 Å². The molecule has 0 N–H and O–H groups in total. The zero-order valence-corrected chi connectivity index (χ0v) is 25.2. The van der Waals surface area contributed by atoms with Gasteiger partial charge in [0.25, 0.3) is 0 Å². The molecule has 1 atom stereocenters. The van der Waals surface area contributed by atoms with E-state index in [-0.39, 0.29) is 17.1 Å². The first-order chi connectivity index (χ1) is 18.6. The van der Waals surface area contributed by atoms with Crippen LogP contribution in [0.1, 0.15) is 29.3 Å². The van der Waals surface area contributed by atoms with Crippen molar-refractivity contribution in [3.05, 3.63) is 151 Å². The van der Waals surface area contributed by atoms with E-state index in [1.54, 1.807) is 12.5 Å². The van der Waals surface area contributed by atoms with Crippen LogP contribution in [0.5, 0.6) is 0 Å². The van der Waals surface area contributed by atoms with Gasteiger partial charge in [0.15, 0.2) is 0 Å². The van der Waals surface area contributed by atoms with Gasteiger partial charge in [-0.15, -0.1) is 5.30 Å². The summed E-state index contributed by atoms with van der Waals surface area (Å²) >= 11 is 0. The smallest absolute Gasteiger partial charge is 0.125 e. The summed E-state index contributed by atoms with van der Waals surface area (Å²) in [6, 6.07) is 42.5. The average molecular weight is 590 g/mol. The molecule has 4 aromatic carbocycles. The van der Waals surface area contributed by atoms with Crippen LogP contribution in [0.15, 0.2) is 143 Å². The molecule has 0 aliphatic carbocycles. The monoisotopic (exact) mass is 590 g/mol. The van der Waals surface area contributed by atoms with Gasteiger partial charge in [-0.05, 0) is 73.4 Å². The van der Waals surface area contributed by atoms with Crippen molar-refractivity contribution >= 4 is 42.8 Å². The van der Waals surface area contributed by atoms with E-state index in [0.29, 0.717) is 5.66 Å². The number of benzene rings is 2. The van der Waals surface area contributed by atoms with Crippen molar-refractivity contribution in [1.82, 2.24) is 0 Å². The molecule has 0 spiro atoms. The molecule has 0 saturated heterocycles. The van der Waals surface area contributed by atoms with E-state index in [1.807, 2.05) is 42.5 Å². The Morgan fingerprint density at radius 3 is 1.56 bits per heavy atom. The molecule has 0 fully saturated rings. The minimum absolute atomic E-state index is 0. The van der Waals surface area contributed by atoms with Gasteiger partial charge in [-0.3, -0.25) is 0 Å². The van der Waals surface area contributed by atoms with Gasteiger partial charge in [-0.1, -0.05) is 55.5 Å². The third-order valence-corrected chi connectivity index (χ3v) is 12.0. The average Bonchev–Trinajstić information content (AvgIpc) is 3.77. The Labute approximate surface area is 244 Å². The van der Waals surface area contributed by atoms with Crippen LogP contribution in [0, 0.1) is 13.8 Å². The van der Waals surface area contributed by atoms with Crippen molar-refractivity contribution in [3.8, 4) is 0 Å². The maximum absolute atomic E-state index is 5.92. The summed E-state index contributed by atoms with van der Waals surface area (Å²) in [5.74, 6) is 0. The molecule has 204 valence electrons. The normalized spacial score (nSPS) is 11.6. The minimum atomic E-state index is -0.889. The van der Waals surface area contributed by atoms with E-state index in [0.717, 1.165) is 11.0 Å². The van der Waals surface area contributed by atoms with Crippen molar-refractivity contribution in [1.29, 1.82) is 0 Å². The van der Waals surface area contributed by atoms with Crippen molar-refractivity contribution in [3.63, 3.8) is 0 Å². The van der Waals surface area contributed by atoms with Gasteiger partial charge in [0.1, 0.15) is 11.0 Å². The second-order valence-corrected chi connectivity index (χ2v) is 13.7. The molecule has 0 aliphatic heterocycles. The number of hydrogen-bond donors (Lipinski definition) is 0. The molecule has 0 radical (unpaired) electrons. The van der Waals surface area contributed by atoms with Crippen molar-refractivity contribution in [2.75, 3.05) is 0 Å². The Hall–Kier alpha value is -2.92. The van der Waals surface area contributed by atoms with Gasteiger partial charge >= 0.3 is 0 Å². The SMILES string of the molecule is Cc1ccccc1P(c1ccccc1C)C(C)c1ccc[c-]1P(c1ccco1)c1ccco1.[Fe].[cH-]1[cH-][cH-][cH-][cH-]1. The summed E-state index contributed by atoms with van der Waals surface area (Å²) in [5, 5.41) is 4.21. The molecular weight excluding hydrogens is 558 g/mol. The zero-order valence-electron chi connectivity index (χ0n) is 22.3. The Morgan fingerprint density at radius 2 is 1.13 bits per heavy atom. The van der Waals surface area contributed by atoms with Gasteiger partial charge in [0.2, 0.25) is 0 Å². The van der Waals surface area contributed by atoms with E-state index in [9.17, 15) is 0 Å². The summed E-state index contributed by atoms with van der Waals surface area (Å²) in [5.41, 5.74) is 6.36. The Bertz CT molecular complexity index is 1420. The first kappa shape index (κ1) is 29.1. The van der Waals surface area contributed by atoms with Crippen molar-refractivity contribution < 1.29 is 25.9 Å². The third kappa shape index (κ3) is 6.63. The molecule has 0 saturated carbocycles. The maximum Gasteiger partial charge on any atom is 0.125 e. The van der Waals surface area contributed by atoms with Crippen LogP contribution < -0.4 is 26.9 Å². The van der Waals surface area contributed by atoms with Crippen molar-refractivity contribution in [2.24, 2.45) is 0 Å². The van der Waals surface area contributed by atoms with Gasteiger partial charge in [0, 0.05) is 25.0 Å². The maximum atomic E-state index is 5.92. The number of furan rings is 2. The summed E-state index contributed by atoms with van der Waals surface area (Å²) in [6.45, 7) is 6.86. The molecule has 5 heteroatoms. The molecule has 6 rings (SSSR count). The molecule has 2 aromatic heterocycles. The summed E-state index contributed by atoms with van der Waals surface area (Å²) in [4.78, 5) is 0. The standard InChI is InChI=1S/C29H27O2P2.C5H5.Fe/c1-21-11-4-6-14-25(21)32(26-15-7-5-12-22(26)2)23(3)24-13-8-16-27(24)33(28-17-9-19-30-28)29-18-10-20-31-29;1-2-4-5-3-1;/h4-20,23H,1-3H3;1-5H;/q-1;-5;. The molecule has 39 heavy (non-hydrogen) atoms. The molecule has 0 aliphatic rings. The fraction of sp³-hybridized carbons (Fsp3) is 0.118. The Balaban J connectivity index is 0.000000530. The fourth-order valence-corrected chi connectivity index (χ4v) is 10.2. The van der Waals surface area contributed by atoms with E-state index in [4.69, 9.17) is 8.83 Å². The van der Waals surface area contributed by atoms with Crippen LogP contribution in [-0.4, -0.2) is 0 Å². The third-order valence-electron chi connectivity index (χ3n) is 6.66. The molecule has 2 nitrogen and oxygen atoms in total. The minimum Gasteiger partial charge on any atom is -0.748 e. The van der Waals surface area contributed by atoms with Gasteiger partial charge in [-0.2, -0.15) is 11.6 Å². The molecule has 6 aromatic rings. The second-order valence-electron chi connectivity index (χ2n) is 9.19. The number of rotatable bonds is 7. The Morgan fingerprint density at radius 1 is 0.641 bits per heavy atom. The molecule has 1 unspecified atom stereocenters. The predicted molar refractivity (Wildman–Crippen MR) is 164 cm³/mol. The van der Waals surface area contributed by atoms with Gasteiger partial charge in [0.05, 0.1) is 12.5 Å². The molecule has 2 heterocycles. The zero-order chi connectivity index (χ0) is 26.3. The Kier molecular flexibility index (Phi) is 10.4.